The van der Waals surface area contributed by atoms with E-state index in [1.54, 1.807) is 24.3 Å². The Labute approximate surface area is 142 Å². The standard InChI is InChI=1S/C17H18F2O4S/c1-2-22-15(20)5-7-17(18,19)11-23-16(21)10-12-3-4-14-13(9-12)6-8-24-14/h3-4,6,8-9H,2,5,7,10-11H2,1H3. The lowest BCUT2D eigenvalue weighted by Crippen LogP contribution is -2.27. The first-order chi connectivity index (χ1) is 11.4. The molecule has 1 aromatic carbocycles. The largest absolute Gasteiger partial charge is 0.466 e. The molecule has 24 heavy (non-hydrogen) atoms. The van der Waals surface area contributed by atoms with Crippen LogP contribution in [0.2, 0.25) is 0 Å². The number of benzene rings is 1. The molecule has 0 spiro atoms. The highest BCUT2D eigenvalue weighted by molar-refractivity contribution is 7.17. The molecule has 0 saturated heterocycles. The fraction of sp³-hybridized carbons (Fsp3) is 0.412. The average Bonchev–Trinajstić information content (AvgIpc) is 2.99. The molecule has 2 aromatic rings. The van der Waals surface area contributed by atoms with E-state index in [9.17, 15) is 18.4 Å². The third-order valence-electron chi connectivity index (χ3n) is 3.31. The second-order valence-corrected chi connectivity index (χ2v) is 6.24. The molecule has 0 radical (unpaired) electrons. The second-order valence-electron chi connectivity index (χ2n) is 5.29. The van der Waals surface area contributed by atoms with Gasteiger partial charge in [0, 0.05) is 11.1 Å². The SMILES string of the molecule is CCOC(=O)CCC(F)(F)COC(=O)Cc1ccc2sccc2c1. The molecule has 7 heteroatoms. The Balaban J connectivity index is 1.80. The molecule has 0 aliphatic carbocycles. The van der Waals surface area contributed by atoms with Crippen LogP contribution in [0.4, 0.5) is 8.78 Å². The highest BCUT2D eigenvalue weighted by atomic mass is 32.1. The first-order valence-electron chi connectivity index (χ1n) is 7.55. The Hall–Kier alpha value is -2.02. The van der Waals surface area contributed by atoms with Gasteiger partial charge in [0.2, 0.25) is 0 Å². The molecule has 1 heterocycles. The van der Waals surface area contributed by atoms with E-state index in [0.29, 0.717) is 5.56 Å². The average molecular weight is 356 g/mol. The summed E-state index contributed by atoms with van der Waals surface area (Å²) in [6.07, 6.45) is -1.19. The van der Waals surface area contributed by atoms with Gasteiger partial charge in [0.15, 0.2) is 6.61 Å². The van der Waals surface area contributed by atoms with Crippen LogP contribution in [0.3, 0.4) is 0 Å². The molecule has 0 bridgehead atoms. The fourth-order valence-corrected chi connectivity index (χ4v) is 2.89. The number of rotatable bonds is 8. The third kappa shape index (κ3) is 5.56. The van der Waals surface area contributed by atoms with Gasteiger partial charge >= 0.3 is 11.9 Å². The highest BCUT2D eigenvalue weighted by Crippen LogP contribution is 2.23. The van der Waals surface area contributed by atoms with Crippen molar-refractivity contribution in [2.75, 3.05) is 13.2 Å². The first-order valence-corrected chi connectivity index (χ1v) is 8.43. The zero-order chi connectivity index (χ0) is 17.6. The third-order valence-corrected chi connectivity index (χ3v) is 4.21. The number of esters is 2. The van der Waals surface area contributed by atoms with Crippen molar-refractivity contribution in [2.24, 2.45) is 0 Å². The maximum Gasteiger partial charge on any atom is 0.310 e. The van der Waals surface area contributed by atoms with Gasteiger partial charge in [0.05, 0.1) is 19.4 Å². The number of ether oxygens (including phenoxy) is 2. The molecule has 130 valence electrons. The number of hydrogen-bond donors (Lipinski definition) is 0. The minimum Gasteiger partial charge on any atom is -0.466 e. The van der Waals surface area contributed by atoms with E-state index in [1.165, 1.54) is 0 Å². The van der Waals surface area contributed by atoms with Crippen LogP contribution in [-0.4, -0.2) is 31.1 Å². The Morgan fingerprint density at radius 2 is 1.96 bits per heavy atom. The molecule has 0 N–H and O–H groups in total. The monoisotopic (exact) mass is 356 g/mol. The minimum atomic E-state index is -3.25. The van der Waals surface area contributed by atoms with Gasteiger partial charge in [-0.25, -0.2) is 8.78 Å². The molecule has 0 atom stereocenters. The van der Waals surface area contributed by atoms with Crippen molar-refractivity contribution in [3.8, 4) is 0 Å². The van der Waals surface area contributed by atoms with E-state index in [2.05, 4.69) is 9.47 Å². The molecular formula is C17H18F2O4S. The number of halogens is 2. The lowest BCUT2D eigenvalue weighted by molar-refractivity contribution is -0.157. The van der Waals surface area contributed by atoms with E-state index < -0.39 is 37.3 Å². The van der Waals surface area contributed by atoms with Gasteiger partial charge < -0.3 is 9.47 Å². The Morgan fingerprint density at radius 3 is 2.71 bits per heavy atom. The van der Waals surface area contributed by atoms with Gasteiger partial charge in [-0.1, -0.05) is 6.07 Å². The molecule has 1 aromatic heterocycles. The molecule has 0 fully saturated rings. The van der Waals surface area contributed by atoms with Gasteiger partial charge in [0.25, 0.3) is 5.92 Å². The van der Waals surface area contributed by atoms with Crippen molar-refractivity contribution in [1.29, 1.82) is 0 Å². The van der Waals surface area contributed by atoms with Crippen LogP contribution >= 0.6 is 11.3 Å². The highest BCUT2D eigenvalue weighted by Gasteiger charge is 2.31. The van der Waals surface area contributed by atoms with Crippen LogP contribution < -0.4 is 0 Å². The summed E-state index contributed by atoms with van der Waals surface area (Å²) in [5, 5.41) is 2.95. The Kier molecular flexibility index (Phi) is 6.25. The first kappa shape index (κ1) is 18.3. The molecule has 0 unspecified atom stereocenters. The van der Waals surface area contributed by atoms with Crippen LogP contribution in [0.15, 0.2) is 29.6 Å². The van der Waals surface area contributed by atoms with Gasteiger partial charge in [-0.2, -0.15) is 0 Å². The van der Waals surface area contributed by atoms with E-state index in [1.807, 2.05) is 23.6 Å². The molecule has 2 rings (SSSR count). The Morgan fingerprint density at radius 1 is 1.17 bits per heavy atom. The maximum absolute atomic E-state index is 13.6. The summed E-state index contributed by atoms with van der Waals surface area (Å²) in [6.45, 7) is 0.713. The van der Waals surface area contributed by atoms with Gasteiger partial charge in [-0.3, -0.25) is 9.59 Å². The quantitative estimate of drug-likeness (QED) is 0.672. The summed E-state index contributed by atoms with van der Waals surface area (Å²) < 4.78 is 37.6. The van der Waals surface area contributed by atoms with Gasteiger partial charge in [-0.05, 0) is 41.5 Å². The smallest absolute Gasteiger partial charge is 0.310 e. The van der Waals surface area contributed by atoms with Crippen LogP contribution in [0.25, 0.3) is 10.1 Å². The zero-order valence-electron chi connectivity index (χ0n) is 13.2. The number of carbonyl (C=O) groups excluding carboxylic acids is 2. The fourth-order valence-electron chi connectivity index (χ4n) is 2.12. The normalized spacial score (nSPS) is 11.5. The summed E-state index contributed by atoms with van der Waals surface area (Å²) in [4.78, 5) is 22.8. The Bertz CT molecular complexity index is 711. The minimum absolute atomic E-state index is 0.0697. The predicted octanol–water partition coefficient (Wildman–Crippen LogP) is 3.97. The topological polar surface area (TPSA) is 52.6 Å². The van der Waals surface area contributed by atoms with Crippen LogP contribution in [0.5, 0.6) is 0 Å². The van der Waals surface area contributed by atoms with Crippen LogP contribution in [0.1, 0.15) is 25.3 Å². The molecule has 0 amide bonds. The van der Waals surface area contributed by atoms with Crippen molar-refractivity contribution >= 4 is 33.4 Å². The predicted molar refractivity (Wildman–Crippen MR) is 87.3 cm³/mol. The van der Waals surface area contributed by atoms with Crippen LogP contribution in [-0.2, 0) is 25.5 Å². The van der Waals surface area contributed by atoms with Gasteiger partial charge in [0.1, 0.15) is 0 Å². The number of alkyl halides is 2. The van der Waals surface area contributed by atoms with Gasteiger partial charge in [-0.15, -0.1) is 11.3 Å². The molecule has 0 aliphatic heterocycles. The number of fused-ring (bicyclic) bond motifs is 1. The van der Waals surface area contributed by atoms with Crippen molar-refractivity contribution in [3.05, 3.63) is 35.2 Å². The van der Waals surface area contributed by atoms with E-state index >= 15 is 0 Å². The van der Waals surface area contributed by atoms with Crippen molar-refractivity contribution < 1.29 is 27.8 Å². The van der Waals surface area contributed by atoms with E-state index in [0.717, 1.165) is 10.1 Å². The molecule has 0 saturated carbocycles. The lowest BCUT2D eigenvalue weighted by Gasteiger charge is -2.16. The van der Waals surface area contributed by atoms with Crippen molar-refractivity contribution in [1.82, 2.24) is 0 Å². The van der Waals surface area contributed by atoms with Crippen molar-refractivity contribution in [3.63, 3.8) is 0 Å². The summed E-state index contributed by atoms with van der Waals surface area (Å²) in [6, 6.07) is 7.43. The zero-order valence-corrected chi connectivity index (χ0v) is 14.0. The van der Waals surface area contributed by atoms with E-state index in [-0.39, 0.29) is 13.0 Å². The summed E-state index contributed by atoms with van der Waals surface area (Å²) in [7, 11) is 0. The molecule has 0 aliphatic rings. The number of hydrogen-bond acceptors (Lipinski definition) is 5. The summed E-state index contributed by atoms with van der Waals surface area (Å²) in [5.41, 5.74) is 0.709. The van der Waals surface area contributed by atoms with Crippen molar-refractivity contribution in [2.45, 2.75) is 32.1 Å². The number of carbonyl (C=O) groups is 2. The van der Waals surface area contributed by atoms with Crippen LogP contribution in [0, 0.1) is 0 Å². The summed E-state index contributed by atoms with van der Waals surface area (Å²) >= 11 is 1.59. The van der Waals surface area contributed by atoms with E-state index in [4.69, 9.17) is 0 Å². The maximum atomic E-state index is 13.6. The molecular weight excluding hydrogens is 338 g/mol. The number of thiophene rings is 1. The molecule has 4 nitrogen and oxygen atoms in total. The second kappa shape index (κ2) is 8.19. The lowest BCUT2D eigenvalue weighted by atomic mass is 10.1. The summed E-state index contributed by atoms with van der Waals surface area (Å²) in [5.74, 6) is -4.66.